The van der Waals surface area contributed by atoms with Gasteiger partial charge in [0.15, 0.2) is 5.82 Å². The average molecular weight is 434 g/mol. The second-order valence-corrected chi connectivity index (χ2v) is 10.5. The quantitative estimate of drug-likeness (QED) is 0.717. The van der Waals surface area contributed by atoms with Crippen LogP contribution in [0.25, 0.3) is 0 Å². The predicted molar refractivity (Wildman–Crippen MR) is 119 cm³/mol. The average Bonchev–Trinajstić information content (AvgIpc) is 3.30. The third kappa shape index (κ3) is 5.51. The molecule has 8 nitrogen and oxygen atoms in total. The summed E-state index contributed by atoms with van der Waals surface area (Å²) >= 11 is 0. The zero-order chi connectivity index (χ0) is 22.0. The molecule has 0 aliphatic carbocycles. The lowest BCUT2D eigenvalue weighted by molar-refractivity contribution is 0.0116. The minimum absolute atomic E-state index is 0.127. The van der Waals surface area contributed by atoms with Crippen molar-refractivity contribution in [2.24, 2.45) is 5.92 Å². The van der Waals surface area contributed by atoms with Gasteiger partial charge >= 0.3 is 12.1 Å². The number of ether oxygens (including phenoxy) is 1. The first kappa shape index (κ1) is 22.4. The van der Waals surface area contributed by atoms with Gasteiger partial charge in [-0.15, -0.1) is 0 Å². The van der Waals surface area contributed by atoms with E-state index in [1.54, 1.807) is 0 Å². The fourth-order valence-electron chi connectivity index (χ4n) is 5.55. The van der Waals surface area contributed by atoms with Gasteiger partial charge in [-0.3, -0.25) is 0 Å². The maximum absolute atomic E-state index is 12.7. The normalized spacial score (nSPS) is 26.8. The minimum Gasteiger partial charge on any atom is -0.444 e. The maximum Gasteiger partial charge on any atom is 0.410 e. The van der Waals surface area contributed by atoms with Crippen LogP contribution in [0.4, 0.5) is 10.8 Å². The van der Waals surface area contributed by atoms with E-state index in [9.17, 15) is 4.79 Å². The number of nitrogens with zero attached hydrogens (tertiary/aromatic N) is 5. The van der Waals surface area contributed by atoms with Crippen molar-refractivity contribution in [2.75, 3.05) is 37.6 Å². The summed E-state index contributed by atoms with van der Waals surface area (Å²) in [4.78, 5) is 24.0. The number of anilines is 1. The molecule has 1 aromatic rings. The molecular weight excluding hydrogens is 394 g/mol. The summed E-state index contributed by atoms with van der Waals surface area (Å²) in [5.74, 6) is 1.29. The number of hydrogen-bond acceptors (Lipinski definition) is 7. The van der Waals surface area contributed by atoms with E-state index < -0.39 is 5.60 Å². The molecule has 4 rings (SSSR count). The van der Waals surface area contributed by atoms with Crippen LogP contribution in [0.2, 0.25) is 0 Å². The van der Waals surface area contributed by atoms with E-state index in [2.05, 4.69) is 19.9 Å². The number of likely N-dealkylation sites (tertiary alicyclic amines) is 2. The van der Waals surface area contributed by atoms with Gasteiger partial charge < -0.3 is 24.0 Å². The van der Waals surface area contributed by atoms with Crippen molar-refractivity contribution in [3.05, 3.63) is 5.82 Å². The molecule has 4 heterocycles. The molecule has 0 saturated carbocycles. The highest BCUT2D eigenvalue weighted by Gasteiger charge is 2.39. The lowest BCUT2D eigenvalue weighted by Gasteiger charge is -2.41. The molecule has 0 bridgehead atoms. The first-order valence-corrected chi connectivity index (χ1v) is 12.1. The molecule has 0 aromatic carbocycles. The molecule has 0 radical (unpaired) electrons. The molecule has 3 saturated heterocycles. The van der Waals surface area contributed by atoms with E-state index in [0.717, 1.165) is 58.4 Å². The minimum atomic E-state index is -0.430. The van der Waals surface area contributed by atoms with Crippen LogP contribution in [-0.2, 0) is 4.74 Å². The first-order valence-electron chi connectivity index (χ1n) is 12.1. The standard InChI is InChI=1S/C23H39N5O3/c1-17-24-21(31-25-17)27-12-5-7-19(11-16-27)26-14-9-18(10-15-26)20-8-6-13-28(20)22(29)30-23(2,3)4/h18-20H,5-16H2,1-4H3/t19?,20-/m0/s1. The zero-order valence-electron chi connectivity index (χ0n) is 19.7. The number of aromatic nitrogens is 2. The molecule has 8 heteroatoms. The van der Waals surface area contributed by atoms with Crippen LogP contribution in [-0.4, -0.2) is 76.4 Å². The number of amides is 1. The fourth-order valence-corrected chi connectivity index (χ4v) is 5.55. The Morgan fingerprint density at radius 1 is 1.00 bits per heavy atom. The van der Waals surface area contributed by atoms with Crippen molar-refractivity contribution in [2.45, 2.75) is 90.3 Å². The van der Waals surface area contributed by atoms with Gasteiger partial charge in [0.05, 0.1) is 0 Å². The SMILES string of the molecule is Cc1noc(N2CCCC(N3CCC([C@@H]4CCCN4C(=O)OC(C)(C)C)CC3)CC2)n1. The van der Waals surface area contributed by atoms with Gasteiger partial charge in [-0.2, -0.15) is 4.98 Å². The molecule has 3 aliphatic rings. The van der Waals surface area contributed by atoms with Crippen LogP contribution < -0.4 is 4.90 Å². The smallest absolute Gasteiger partial charge is 0.410 e. The van der Waals surface area contributed by atoms with E-state index in [0.29, 0.717) is 29.8 Å². The second-order valence-electron chi connectivity index (χ2n) is 10.5. The topological polar surface area (TPSA) is 74.9 Å². The monoisotopic (exact) mass is 433 g/mol. The number of carbonyl (C=O) groups excluding carboxylic acids is 1. The highest BCUT2D eigenvalue weighted by atomic mass is 16.6. The van der Waals surface area contributed by atoms with Crippen LogP contribution in [0.15, 0.2) is 4.52 Å². The van der Waals surface area contributed by atoms with Crippen LogP contribution in [0.1, 0.15) is 71.5 Å². The van der Waals surface area contributed by atoms with Gasteiger partial charge in [-0.25, -0.2) is 4.79 Å². The Balaban J connectivity index is 1.28. The highest BCUT2D eigenvalue weighted by Crippen LogP contribution is 2.34. The van der Waals surface area contributed by atoms with Crippen LogP contribution >= 0.6 is 0 Å². The zero-order valence-corrected chi connectivity index (χ0v) is 19.7. The molecule has 174 valence electrons. The summed E-state index contributed by atoms with van der Waals surface area (Å²) < 4.78 is 11.1. The summed E-state index contributed by atoms with van der Waals surface area (Å²) in [6, 6.07) is 1.64. The Hall–Kier alpha value is -1.83. The van der Waals surface area contributed by atoms with Crippen LogP contribution in [0.3, 0.4) is 0 Å². The second kappa shape index (κ2) is 9.35. The largest absolute Gasteiger partial charge is 0.444 e. The summed E-state index contributed by atoms with van der Waals surface area (Å²) in [6.45, 7) is 12.8. The molecule has 1 amide bonds. The lowest BCUT2D eigenvalue weighted by Crippen LogP contribution is -2.48. The first-order chi connectivity index (χ1) is 14.8. The Morgan fingerprint density at radius 3 is 2.42 bits per heavy atom. The summed E-state index contributed by atoms with van der Waals surface area (Å²) in [7, 11) is 0. The number of rotatable bonds is 3. The van der Waals surface area contributed by atoms with Crippen molar-refractivity contribution in [3.8, 4) is 0 Å². The molecule has 1 unspecified atom stereocenters. The summed E-state index contributed by atoms with van der Waals surface area (Å²) in [5.41, 5.74) is -0.430. The van der Waals surface area contributed by atoms with Gasteiger partial charge in [0.1, 0.15) is 5.60 Å². The molecule has 3 aliphatic heterocycles. The third-order valence-electron chi connectivity index (χ3n) is 7.05. The van der Waals surface area contributed by atoms with E-state index in [4.69, 9.17) is 9.26 Å². The van der Waals surface area contributed by atoms with Crippen molar-refractivity contribution in [1.82, 2.24) is 19.9 Å². The Morgan fingerprint density at radius 2 is 1.74 bits per heavy atom. The fraction of sp³-hybridized carbons (Fsp3) is 0.870. The molecule has 31 heavy (non-hydrogen) atoms. The number of aryl methyl sites for hydroxylation is 1. The molecule has 0 spiro atoms. The number of carbonyl (C=O) groups is 1. The molecule has 3 fully saturated rings. The summed E-state index contributed by atoms with van der Waals surface area (Å²) in [6.07, 6.45) is 7.95. The molecule has 2 atom stereocenters. The highest BCUT2D eigenvalue weighted by molar-refractivity contribution is 5.69. The summed E-state index contributed by atoms with van der Waals surface area (Å²) in [5, 5.41) is 3.94. The van der Waals surface area contributed by atoms with E-state index in [1.807, 2.05) is 32.6 Å². The molecule has 0 N–H and O–H groups in total. The van der Waals surface area contributed by atoms with Crippen LogP contribution in [0, 0.1) is 12.8 Å². The molecular formula is C23H39N5O3. The van der Waals surface area contributed by atoms with E-state index in [-0.39, 0.29) is 6.09 Å². The number of hydrogen-bond donors (Lipinski definition) is 0. The van der Waals surface area contributed by atoms with Crippen molar-refractivity contribution >= 4 is 12.1 Å². The Labute approximate surface area is 186 Å². The Kier molecular flexibility index (Phi) is 6.74. The Bertz CT molecular complexity index is 738. The van der Waals surface area contributed by atoms with Crippen molar-refractivity contribution < 1.29 is 14.1 Å². The van der Waals surface area contributed by atoms with E-state index >= 15 is 0 Å². The van der Waals surface area contributed by atoms with Gasteiger partial charge in [-0.1, -0.05) is 5.16 Å². The van der Waals surface area contributed by atoms with Crippen molar-refractivity contribution in [3.63, 3.8) is 0 Å². The lowest BCUT2D eigenvalue weighted by atomic mass is 9.87. The van der Waals surface area contributed by atoms with Gasteiger partial charge in [-0.05, 0) is 91.6 Å². The van der Waals surface area contributed by atoms with Gasteiger partial charge in [0, 0.05) is 31.7 Å². The van der Waals surface area contributed by atoms with E-state index in [1.165, 1.54) is 19.3 Å². The van der Waals surface area contributed by atoms with Crippen molar-refractivity contribution in [1.29, 1.82) is 0 Å². The van der Waals surface area contributed by atoms with Gasteiger partial charge in [0.25, 0.3) is 0 Å². The van der Waals surface area contributed by atoms with Crippen LogP contribution in [0.5, 0.6) is 0 Å². The number of piperidine rings is 1. The maximum atomic E-state index is 12.7. The molecule has 1 aromatic heterocycles. The third-order valence-corrected chi connectivity index (χ3v) is 7.05. The predicted octanol–water partition coefficient (Wildman–Crippen LogP) is 3.85. The van der Waals surface area contributed by atoms with Gasteiger partial charge in [0.2, 0.25) is 0 Å².